The van der Waals surface area contributed by atoms with Crippen LogP contribution in [0.1, 0.15) is 45.0 Å². The third kappa shape index (κ3) is 6.63. The van der Waals surface area contributed by atoms with Crippen molar-refractivity contribution in [2.75, 3.05) is 11.9 Å². The topological polar surface area (TPSA) is 80.9 Å². The van der Waals surface area contributed by atoms with E-state index in [1.54, 1.807) is 0 Å². The van der Waals surface area contributed by atoms with Crippen molar-refractivity contribution in [2.45, 2.75) is 46.5 Å². The molecule has 1 aromatic heterocycles. The highest BCUT2D eigenvalue weighted by Crippen LogP contribution is 2.19. The van der Waals surface area contributed by atoms with Gasteiger partial charge in [0.05, 0.1) is 0 Å². The highest BCUT2D eigenvalue weighted by atomic mass is 32.1. The lowest BCUT2D eigenvalue weighted by atomic mass is 10.0. The Morgan fingerprint density at radius 3 is 2.68 bits per heavy atom. The van der Waals surface area contributed by atoms with Gasteiger partial charge in [-0.05, 0) is 31.2 Å². The molecular weight excluding hydrogens is 260 g/mol. The molecule has 1 amide bonds. The summed E-state index contributed by atoms with van der Waals surface area (Å²) in [6.07, 6.45) is 3.24. The third-order valence-corrected chi connectivity index (χ3v) is 3.68. The van der Waals surface area contributed by atoms with Gasteiger partial charge in [0.1, 0.15) is 5.01 Å². The number of nitrogens with zero attached hydrogens (tertiary/aromatic N) is 2. The van der Waals surface area contributed by atoms with Gasteiger partial charge < -0.3 is 11.1 Å². The Balaban J connectivity index is 2.33. The fourth-order valence-corrected chi connectivity index (χ4v) is 2.69. The van der Waals surface area contributed by atoms with Crippen molar-refractivity contribution in [3.05, 3.63) is 5.01 Å². The summed E-state index contributed by atoms with van der Waals surface area (Å²) in [6.45, 7) is 7.07. The van der Waals surface area contributed by atoms with Crippen molar-refractivity contribution < 1.29 is 4.79 Å². The molecule has 1 heterocycles. The fraction of sp³-hybridized carbons (Fsp3) is 0.769. The van der Waals surface area contributed by atoms with Crippen molar-refractivity contribution in [3.8, 4) is 0 Å². The largest absolute Gasteiger partial charge is 0.330 e. The van der Waals surface area contributed by atoms with Gasteiger partial charge in [-0.15, -0.1) is 10.2 Å². The first-order valence-corrected chi connectivity index (χ1v) is 7.65. The second kappa shape index (κ2) is 8.22. The molecule has 0 aromatic carbocycles. The lowest BCUT2D eigenvalue weighted by Crippen LogP contribution is -2.13. The molecule has 108 valence electrons. The zero-order chi connectivity index (χ0) is 14.3. The van der Waals surface area contributed by atoms with E-state index in [1.807, 2.05) is 0 Å². The monoisotopic (exact) mass is 284 g/mol. The Morgan fingerprint density at radius 2 is 2.05 bits per heavy atom. The van der Waals surface area contributed by atoms with Crippen molar-refractivity contribution in [2.24, 2.45) is 17.6 Å². The van der Waals surface area contributed by atoms with Crippen LogP contribution in [0.5, 0.6) is 0 Å². The number of hydrogen-bond acceptors (Lipinski definition) is 5. The van der Waals surface area contributed by atoms with Gasteiger partial charge in [-0.25, -0.2) is 0 Å². The number of nitrogens with two attached hydrogens (primary N) is 1. The van der Waals surface area contributed by atoms with Crippen LogP contribution >= 0.6 is 11.3 Å². The van der Waals surface area contributed by atoms with Crippen molar-refractivity contribution in [1.82, 2.24) is 10.2 Å². The quantitative estimate of drug-likeness (QED) is 0.768. The molecular formula is C13H24N4OS. The summed E-state index contributed by atoms with van der Waals surface area (Å²) in [5.74, 6) is 1.05. The Bertz CT molecular complexity index is 392. The molecule has 1 unspecified atom stereocenters. The maximum Gasteiger partial charge on any atom is 0.226 e. The number of aromatic nitrogens is 2. The van der Waals surface area contributed by atoms with Crippen LogP contribution in [0.15, 0.2) is 0 Å². The number of anilines is 1. The molecule has 0 saturated carbocycles. The van der Waals surface area contributed by atoms with E-state index in [0.717, 1.165) is 24.3 Å². The second-order valence-electron chi connectivity index (χ2n) is 5.37. The van der Waals surface area contributed by atoms with Gasteiger partial charge >= 0.3 is 0 Å². The maximum atomic E-state index is 11.7. The van der Waals surface area contributed by atoms with Crippen LogP contribution < -0.4 is 11.1 Å². The first kappa shape index (κ1) is 16.0. The highest BCUT2D eigenvalue weighted by Gasteiger charge is 2.10. The van der Waals surface area contributed by atoms with Crippen LogP contribution in [0.3, 0.4) is 0 Å². The molecule has 0 aliphatic carbocycles. The second-order valence-corrected chi connectivity index (χ2v) is 6.43. The molecule has 3 N–H and O–H groups in total. The van der Waals surface area contributed by atoms with Crippen molar-refractivity contribution in [3.63, 3.8) is 0 Å². The highest BCUT2D eigenvalue weighted by molar-refractivity contribution is 7.15. The summed E-state index contributed by atoms with van der Waals surface area (Å²) in [5, 5.41) is 12.4. The first-order chi connectivity index (χ1) is 9.01. The number of amides is 1. The molecule has 19 heavy (non-hydrogen) atoms. The summed E-state index contributed by atoms with van der Waals surface area (Å²) in [4.78, 5) is 11.7. The maximum absolute atomic E-state index is 11.7. The van der Waals surface area contributed by atoms with Crippen molar-refractivity contribution >= 4 is 22.4 Å². The van der Waals surface area contributed by atoms with Crippen LogP contribution in [0.25, 0.3) is 0 Å². The molecule has 6 heteroatoms. The Hall–Kier alpha value is -1.01. The molecule has 0 fully saturated rings. The lowest BCUT2D eigenvalue weighted by molar-refractivity contribution is -0.116. The average Bonchev–Trinajstić information content (AvgIpc) is 2.73. The molecule has 0 bridgehead atoms. The van der Waals surface area contributed by atoms with Gasteiger partial charge in [0.2, 0.25) is 11.0 Å². The number of carbonyl (C=O) groups is 1. The van der Waals surface area contributed by atoms with Gasteiger partial charge in [0.25, 0.3) is 0 Å². The van der Waals surface area contributed by atoms with E-state index >= 15 is 0 Å². The van der Waals surface area contributed by atoms with Crippen LogP contribution in [0.4, 0.5) is 5.13 Å². The van der Waals surface area contributed by atoms with Crippen LogP contribution in [0, 0.1) is 11.8 Å². The Morgan fingerprint density at radius 1 is 1.32 bits per heavy atom. The molecule has 1 atom stereocenters. The molecule has 1 rings (SSSR count). The number of nitrogens with one attached hydrogen (secondary N) is 1. The van der Waals surface area contributed by atoms with E-state index in [0.29, 0.717) is 29.9 Å². The summed E-state index contributed by atoms with van der Waals surface area (Å²) < 4.78 is 0. The molecule has 5 nitrogen and oxygen atoms in total. The van der Waals surface area contributed by atoms with E-state index in [4.69, 9.17) is 5.73 Å². The molecule has 0 spiro atoms. The standard InChI is InChI=1S/C13H24N4OS/c1-9(2)8-12-16-17-13(19-12)15-11(18)5-4-10(3)6-7-14/h9-10H,4-8,14H2,1-3H3,(H,15,17,18). The average molecular weight is 284 g/mol. The summed E-state index contributed by atoms with van der Waals surface area (Å²) in [5.41, 5.74) is 5.48. The molecule has 0 radical (unpaired) electrons. The minimum absolute atomic E-state index is 0.0103. The molecule has 1 aromatic rings. The molecule has 0 aliphatic heterocycles. The van der Waals surface area contributed by atoms with E-state index in [-0.39, 0.29) is 5.91 Å². The minimum atomic E-state index is 0.0103. The molecule has 0 saturated heterocycles. The first-order valence-electron chi connectivity index (χ1n) is 6.83. The third-order valence-electron chi connectivity index (χ3n) is 2.82. The van der Waals surface area contributed by atoms with E-state index in [1.165, 1.54) is 11.3 Å². The SMILES string of the molecule is CC(C)Cc1nnc(NC(=O)CCC(C)CCN)s1. The van der Waals surface area contributed by atoms with Crippen LogP contribution in [0.2, 0.25) is 0 Å². The predicted octanol–water partition coefficient (Wildman–Crippen LogP) is 2.44. The number of rotatable bonds is 8. The van der Waals surface area contributed by atoms with Gasteiger partial charge in [-0.1, -0.05) is 32.1 Å². The van der Waals surface area contributed by atoms with E-state index in [2.05, 4.69) is 36.3 Å². The Kier molecular flexibility index (Phi) is 6.94. The zero-order valence-corrected chi connectivity index (χ0v) is 12.8. The predicted molar refractivity (Wildman–Crippen MR) is 79.2 cm³/mol. The zero-order valence-electron chi connectivity index (χ0n) is 12.0. The van der Waals surface area contributed by atoms with Crippen LogP contribution in [-0.2, 0) is 11.2 Å². The lowest BCUT2D eigenvalue weighted by Gasteiger charge is -2.08. The summed E-state index contributed by atoms with van der Waals surface area (Å²) in [7, 11) is 0. The smallest absolute Gasteiger partial charge is 0.226 e. The van der Waals surface area contributed by atoms with E-state index < -0.39 is 0 Å². The Labute approximate surface area is 119 Å². The molecule has 0 aliphatic rings. The van der Waals surface area contributed by atoms with Crippen molar-refractivity contribution in [1.29, 1.82) is 0 Å². The number of hydrogen-bond donors (Lipinski definition) is 2. The van der Waals surface area contributed by atoms with E-state index in [9.17, 15) is 4.79 Å². The summed E-state index contributed by atoms with van der Waals surface area (Å²) >= 11 is 1.46. The van der Waals surface area contributed by atoms with Gasteiger partial charge in [0.15, 0.2) is 0 Å². The summed E-state index contributed by atoms with van der Waals surface area (Å²) in [6, 6.07) is 0. The van der Waals surface area contributed by atoms with Gasteiger partial charge in [-0.2, -0.15) is 0 Å². The van der Waals surface area contributed by atoms with Crippen LogP contribution in [-0.4, -0.2) is 22.6 Å². The number of carbonyl (C=O) groups excluding carboxylic acids is 1. The van der Waals surface area contributed by atoms with Gasteiger partial charge in [-0.3, -0.25) is 4.79 Å². The normalized spacial score (nSPS) is 12.7. The van der Waals surface area contributed by atoms with Gasteiger partial charge in [0, 0.05) is 12.8 Å². The fourth-order valence-electron chi connectivity index (χ4n) is 1.72. The minimum Gasteiger partial charge on any atom is -0.330 e.